The van der Waals surface area contributed by atoms with E-state index in [1.807, 2.05) is 13.8 Å². The summed E-state index contributed by atoms with van der Waals surface area (Å²) in [5.41, 5.74) is -0.608. The second-order valence-electron chi connectivity index (χ2n) is 6.44. The van der Waals surface area contributed by atoms with Gasteiger partial charge < -0.3 is 4.90 Å². The lowest BCUT2D eigenvalue weighted by molar-refractivity contribution is -0.136. The van der Waals surface area contributed by atoms with E-state index in [9.17, 15) is 17.6 Å². The van der Waals surface area contributed by atoms with Crippen molar-refractivity contribution in [2.45, 2.75) is 25.2 Å². The van der Waals surface area contributed by atoms with Crippen LogP contribution in [-0.4, -0.2) is 49.7 Å². The Hall–Kier alpha value is -1.47. The molecule has 7 heteroatoms. The molecular weight excluding hydrogens is 319 g/mol. The Morgan fingerprint density at radius 2 is 1.96 bits per heavy atom. The fourth-order valence-corrected chi connectivity index (χ4v) is 5.32. The van der Waals surface area contributed by atoms with Gasteiger partial charge in [-0.15, -0.1) is 0 Å². The van der Waals surface area contributed by atoms with E-state index in [0.29, 0.717) is 26.1 Å². The van der Waals surface area contributed by atoms with Crippen molar-refractivity contribution in [2.24, 2.45) is 11.3 Å². The van der Waals surface area contributed by atoms with Gasteiger partial charge in [0.1, 0.15) is 5.82 Å². The Labute approximate surface area is 136 Å². The summed E-state index contributed by atoms with van der Waals surface area (Å²) in [4.78, 5) is 14.5. The maximum atomic E-state index is 13.0. The Kier molecular flexibility index (Phi) is 3.96. The lowest BCUT2D eigenvalue weighted by Gasteiger charge is -2.26. The normalized spacial score (nSPS) is 28.9. The number of carbonyl (C=O) groups excluding carboxylic acids is 1. The monoisotopic (exact) mass is 340 g/mol. The summed E-state index contributed by atoms with van der Waals surface area (Å²) in [5.74, 6) is -0.439. The van der Waals surface area contributed by atoms with Crippen molar-refractivity contribution < 1.29 is 17.6 Å². The molecule has 1 amide bonds. The zero-order chi connectivity index (χ0) is 16.8. The van der Waals surface area contributed by atoms with Gasteiger partial charge in [-0.25, -0.2) is 12.8 Å². The van der Waals surface area contributed by atoms with Crippen molar-refractivity contribution in [1.82, 2.24) is 9.21 Å². The van der Waals surface area contributed by atoms with Gasteiger partial charge in [0.25, 0.3) is 0 Å². The molecule has 0 unspecified atom stereocenters. The van der Waals surface area contributed by atoms with Crippen LogP contribution in [0.25, 0.3) is 0 Å². The van der Waals surface area contributed by atoms with E-state index < -0.39 is 21.3 Å². The first-order valence-corrected chi connectivity index (χ1v) is 9.30. The van der Waals surface area contributed by atoms with Gasteiger partial charge in [-0.3, -0.25) is 4.79 Å². The summed E-state index contributed by atoms with van der Waals surface area (Å²) < 4.78 is 39.9. The molecule has 2 fully saturated rings. The molecule has 0 saturated carbocycles. The second-order valence-corrected chi connectivity index (χ2v) is 8.38. The van der Waals surface area contributed by atoms with E-state index in [0.717, 1.165) is 12.1 Å². The minimum atomic E-state index is -3.70. The molecular formula is C16H21FN2O3S. The maximum absolute atomic E-state index is 13.0. The van der Waals surface area contributed by atoms with E-state index in [1.165, 1.54) is 16.4 Å². The number of hydrogen-bond donors (Lipinski definition) is 0. The molecule has 1 spiro atoms. The van der Waals surface area contributed by atoms with Crippen LogP contribution in [0, 0.1) is 17.2 Å². The SMILES string of the molecule is CCN1CC[C@@]2(CN(S(=O)(=O)c3ccc(F)cc3)C[C@@H]2C)C1=O. The van der Waals surface area contributed by atoms with Gasteiger partial charge in [0.15, 0.2) is 0 Å². The zero-order valence-electron chi connectivity index (χ0n) is 13.3. The number of carbonyl (C=O) groups is 1. The van der Waals surface area contributed by atoms with Gasteiger partial charge in [0.2, 0.25) is 15.9 Å². The Morgan fingerprint density at radius 3 is 2.52 bits per heavy atom. The van der Waals surface area contributed by atoms with Crippen molar-refractivity contribution in [3.05, 3.63) is 30.1 Å². The van der Waals surface area contributed by atoms with Crippen molar-refractivity contribution >= 4 is 15.9 Å². The molecule has 23 heavy (non-hydrogen) atoms. The molecule has 0 aromatic heterocycles. The number of amides is 1. The van der Waals surface area contributed by atoms with Gasteiger partial charge in [0, 0.05) is 26.2 Å². The highest BCUT2D eigenvalue weighted by Gasteiger charge is 2.56. The number of hydrogen-bond acceptors (Lipinski definition) is 3. The van der Waals surface area contributed by atoms with E-state index in [1.54, 1.807) is 4.90 Å². The predicted molar refractivity (Wildman–Crippen MR) is 83.6 cm³/mol. The van der Waals surface area contributed by atoms with Crippen molar-refractivity contribution in [2.75, 3.05) is 26.2 Å². The first-order valence-electron chi connectivity index (χ1n) is 7.86. The number of halogens is 1. The summed E-state index contributed by atoms with van der Waals surface area (Å²) >= 11 is 0. The van der Waals surface area contributed by atoms with Crippen LogP contribution in [-0.2, 0) is 14.8 Å². The molecule has 2 atom stereocenters. The van der Waals surface area contributed by atoms with E-state index in [-0.39, 0.29) is 23.3 Å². The molecule has 2 aliphatic heterocycles. The molecule has 5 nitrogen and oxygen atoms in total. The quantitative estimate of drug-likeness (QED) is 0.842. The molecule has 2 saturated heterocycles. The van der Waals surface area contributed by atoms with Gasteiger partial charge in [0.05, 0.1) is 10.3 Å². The van der Waals surface area contributed by atoms with Crippen molar-refractivity contribution in [3.63, 3.8) is 0 Å². The smallest absolute Gasteiger partial charge is 0.243 e. The Morgan fingerprint density at radius 1 is 1.30 bits per heavy atom. The molecule has 126 valence electrons. The lowest BCUT2D eigenvalue weighted by atomic mass is 9.78. The van der Waals surface area contributed by atoms with Crippen LogP contribution >= 0.6 is 0 Å². The minimum absolute atomic E-state index is 0.0261. The molecule has 0 radical (unpaired) electrons. The van der Waals surface area contributed by atoms with Crippen LogP contribution < -0.4 is 0 Å². The predicted octanol–water partition coefficient (Wildman–Crippen LogP) is 1.70. The molecule has 1 aromatic rings. The van der Waals surface area contributed by atoms with E-state index in [4.69, 9.17) is 0 Å². The fraction of sp³-hybridized carbons (Fsp3) is 0.562. The summed E-state index contributed by atoms with van der Waals surface area (Å²) in [6.07, 6.45) is 0.691. The standard InChI is InChI=1S/C16H21FN2O3S/c1-3-18-9-8-16(15(18)20)11-19(10-12(16)2)23(21,22)14-6-4-13(17)5-7-14/h4-7,12H,3,8-11H2,1-2H3/t12-,16-/m0/s1. The van der Waals surface area contributed by atoms with Gasteiger partial charge in [-0.05, 0) is 43.5 Å². The Balaban J connectivity index is 1.89. The highest BCUT2D eigenvalue weighted by Crippen LogP contribution is 2.46. The molecule has 0 N–H and O–H groups in total. The molecule has 3 rings (SSSR count). The fourth-order valence-electron chi connectivity index (χ4n) is 3.72. The van der Waals surface area contributed by atoms with Crippen LogP contribution in [0.1, 0.15) is 20.3 Å². The molecule has 1 aromatic carbocycles. The van der Waals surface area contributed by atoms with Crippen molar-refractivity contribution in [3.8, 4) is 0 Å². The van der Waals surface area contributed by atoms with E-state index >= 15 is 0 Å². The Bertz CT molecular complexity index is 719. The largest absolute Gasteiger partial charge is 0.342 e. The third-order valence-electron chi connectivity index (χ3n) is 5.25. The van der Waals surface area contributed by atoms with Crippen LogP contribution in [0.4, 0.5) is 4.39 Å². The number of sulfonamides is 1. The second kappa shape index (κ2) is 5.56. The van der Waals surface area contributed by atoms with Crippen LogP contribution in [0.2, 0.25) is 0 Å². The van der Waals surface area contributed by atoms with Gasteiger partial charge >= 0.3 is 0 Å². The summed E-state index contributed by atoms with van der Waals surface area (Å²) in [5, 5.41) is 0. The van der Waals surface area contributed by atoms with Crippen LogP contribution in [0.15, 0.2) is 29.2 Å². The third-order valence-corrected chi connectivity index (χ3v) is 7.08. The number of likely N-dealkylation sites (tertiary alicyclic amines) is 1. The van der Waals surface area contributed by atoms with Crippen LogP contribution in [0.3, 0.4) is 0 Å². The van der Waals surface area contributed by atoms with E-state index in [2.05, 4.69) is 0 Å². The van der Waals surface area contributed by atoms with Crippen molar-refractivity contribution in [1.29, 1.82) is 0 Å². The third kappa shape index (κ3) is 2.46. The average Bonchev–Trinajstić information content (AvgIpc) is 3.02. The molecule has 2 heterocycles. The van der Waals surface area contributed by atoms with Gasteiger partial charge in [-0.2, -0.15) is 4.31 Å². The van der Waals surface area contributed by atoms with Gasteiger partial charge in [-0.1, -0.05) is 6.92 Å². The zero-order valence-corrected chi connectivity index (χ0v) is 14.1. The topological polar surface area (TPSA) is 57.7 Å². The molecule has 0 aliphatic carbocycles. The molecule has 0 bridgehead atoms. The summed E-state index contributed by atoms with van der Waals surface area (Å²) in [7, 11) is -3.70. The number of rotatable bonds is 3. The first kappa shape index (κ1) is 16.4. The lowest BCUT2D eigenvalue weighted by Crippen LogP contribution is -2.40. The highest BCUT2D eigenvalue weighted by molar-refractivity contribution is 7.89. The minimum Gasteiger partial charge on any atom is -0.342 e. The molecule has 2 aliphatic rings. The maximum Gasteiger partial charge on any atom is 0.243 e. The average molecular weight is 340 g/mol. The van der Waals surface area contributed by atoms with Crippen LogP contribution in [0.5, 0.6) is 0 Å². The first-order chi connectivity index (χ1) is 10.8. The summed E-state index contributed by atoms with van der Waals surface area (Å²) in [6, 6.07) is 4.83. The highest BCUT2D eigenvalue weighted by atomic mass is 32.2. The summed E-state index contributed by atoms with van der Waals surface area (Å²) in [6.45, 7) is 5.75. The number of nitrogens with zero attached hydrogens (tertiary/aromatic N) is 2. The number of benzene rings is 1.